The van der Waals surface area contributed by atoms with E-state index in [0.717, 1.165) is 16.3 Å². The lowest BCUT2D eigenvalue weighted by atomic mass is 10.0. The third kappa shape index (κ3) is 4.87. The molecule has 3 aromatic carbocycles. The molecule has 4 nitrogen and oxygen atoms in total. The summed E-state index contributed by atoms with van der Waals surface area (Å²) in [5, 5.41) is 5.57. The molecule has 0 heterocycles. The molecule has 0 aromatic heterocycles. The number of amides is 1. The summed E-state index contributed by atoms with van der Waals surface area (Å²) < 4.78 is 24.7. The molecular weight excluding hydrogens is 382 g/mol. The van der Waals surface area contributed by atoms with Crippen LogP contribution in [0.3, 0.4) is 0 Å². The molecule has 0 bridgehead atoms. The van der Waals surface area contributed by atoms with Gasteiger partial charge in [-0.25, -0.2) is 8.42 Å². The summed E-state index contributed by atoms with van der Waals surface area (Å²) in [6.45, 7) is 1.88. The highest BCUT2D eigenvalue weighted by Gasteiger charge is 2.17. The smallest absolute Gasteiger partial charge is 0.221 e. The number of hydrogen-bond acceptors (Lipinski definition) is 3. The Morgan fingerprint density at radius 3 is 2.37 bits per heavy atom. The summed E-state index contributed by atoms with van der Waals surface area (Å²) in [6, 6.07) is 19.8. The van der Waals surface area contributed by atoms with Gasteiger partial charge in [-0.1, -0.05) is 48.0 Å². The van der Waals surface area contributed by atoms with E-state index in [-0.39, 0.29) is 29.0 Å². The normalized spacial score (nSPS) is 12.7. The Balaban J connectivity index is 1.61. The van der Waals surface area contributed by atoms with E-state index >= 15 is 0 Å². The lowest BCUT2D eigenvalue weighted by molar-refractivity contribution is -0.121. The summed E-state index contributed by atoms with van der Waals surface area (Å²) in [5.74, 6) is -0.543. The van der Waals surface area contributed by atoms with Gasteiger partial charge >= 0.3 is 0 Å². The second kappa shape index (κ2) is 8.11. The molecule has 6 heteroatoms. The van der Waals surface area contributed by atoms with Crippen molar-refractivity contribution in [2.24, 2.45) is 0 Å². The standard InChI is InChI=1S/C21H20ClNO3S/c1-15(17-7-6-16-4-2-3-5-18(16)14-17)23-21(24)12-13-27(25,26)20-10-8-19(22)9-11-20/h2-11,14-15H,12-13H2,1H3,(H,23,24). The molecule has 0 aliphatic carbocycles. The molecule has 0 radical (unpaired) electrons. The van der Waals surface area contributed by atoms with E-state index < -0.39 is 9.84 Å². The average Bonchev–Trinajstić information content (AvgIpc) is 2.66. The number of halogens is 1. The molecule has 0 spiro atoms. The maximum absolute atomic E-state index is 12.3. The topological polar surface area (TPSA) is 63.2 Å². The van der Waals surface area contributed by atoms with Crippen LogP contribution in [0.2, 0.25) is 5.02 Å². The van der Waals surface area contributed by atoms with Crippen molar-refractivity contribution in [3.8, 4) is 0 Å². The minimum absolute atomic E-state index is 0.0944. The Labute approximate surface area is 164 Å². The summed E-state index contributed by atoms with van der Waals surface area (Å²) in [5.41, 5.74) is 0.975. The van der Waals surface area contributed by atoms with Gasteiger partial charge in [-0.05, 0) is 53.6 Å². The van der Waals surface area contributed by atoms with E-state index in [1.165, 1.54) is 24.3 Å². The summed E-state index contributed by atoms with van der Waals surface area (Å²) >= 11 is 5.78. The Kier molecular flexibility index (Phi) is 5.82. The molecule has 0 fully saturated rings. The lowest BCUT2D eigenvalue weighted by Gasteiger charge is -2.15. The van der Waals surface area contributed by atoms with Crippen LogP contribution in [-0.2, 0) is 14.6 Å². The first kappa shape index (κ1) is 19.4. The predicted octanol–water partition coefficient (Wildman–Crippen LogP) is 4.53. The van der Waals surface area contributed by atoms with Gasteiger partial charge in [0.25, 0.3) is 0 Å². The van der Waals surface area contributed by atoms with E-state index in [9.17, 15) is 13.2 Å². The molecule has 0 aliphatic rings. The minimum atomic E-state index is -3.52. The zero-order valence-corrected chi connectivity index (χ0v) is 16.4. The second-order valence-corrected chi connectivity index (χ2v) is 8.96. The van der Waals surface area contributed by atoms with Gasteiger partial charge in [-0.15, -0.1) is 0 Å². The van der Waals surface area contributed by atoms with Gasteiger partial charge in [0.2, 0.25) is 5.91 Å². The van der Waals surface area contributed by atoms with Gasteiger partial charge in [0.05, 0.1) is 16.7 Å². The molecule has 1 atom stereocenters. The fourth-order valence-corrected chi connectivity index (χ4v) is 4.23. The first-order valence-corrected chi connectivity index (χ1v) is 10.6. The number of benzene rings is 3. The first-order chi connectivity index (χ1) is 12.8. The first-order valence-electron chi connectivity index (χ1n) is 8.61. The van der Waals surface area contributed by atoms with Gasteiger partial charge in [0.15, 0.2) is 9.84 Å². The van der Waals surface area contributed by atoms with Crippen LogP contribution >= 0.6 is 11.6 Å². The molecule has 3 aromatic rings. The molecule has 27 heavy (non-hydrogen) atoms. The highest BCUT2D eigenvalue weighted by atomic mass is 35.5. The van der Waals surface area contributed by atoms with Crippen molar-refractivity contribution < 1.29 is 13.2 Å². The van der Waals surface area contributed by atoms with Crippen molar-refractivity contribution in [1.29, 1.82) is 0 Å². The number of rotatable bonds is 6. The Bertz CT molecular complexity index is 1060. The molecule has 140 valence electrons. The van der Waals surface area contributed by atoms with Crippen LogP contribution < -0.4 is 5.32 Å². The van der Waals surface area contributed by atoms with Gasteiger partial charge in [-0.3, -0.25) is 4.79 Å². The minimum Gasteiger partial charge on any atom is -0.350 e. The van der Waals surface area contributed by atoms with Gasteiger partial charge < -0.3 is 5.32 Å². The van der Waals surface area contributed by atoms with Crippen LogP contribution in [0.4, 0.5) is 0 Å². The lowest BCUT2D eigenvalue weighted by Crippen LogP contribution is -2.28. The molecule has 0 aliphatic heterocycles. The van der Waals surface area contributed by atoms with Crippen molar-refractivity contribution in [2.45, 2.75) is 24.3 Å². The van der Waals surface area contributed by atoms with Crippen LogP contribution in [0.5, 0.6) is 0 Å². The number of fused-ring (bicyclic) bond motifs is 1. The monoisotopic (exact) mass is 401 g/mol. The molecule has 3 rings (SSSR count). The second-order valence-electron chi connectivity index (χ2n) is 6.42. The molecule has 0 saturated carbocycles. The van der Waals surface area contributed by atoms with Crippen molar-refractivity contribution in [1.82, 2.24) is 5.32 Å². The average molecular weight is 402 g/mol. The van der Waals surface area contributed by atoms with Gasteiger partial charge in [0.1, 0.15) is 0 Å². The van der Waals surface area contributed by atoms with Crippen molar-refractivity contribution in [2.75, 3.05) is 5.75 Å². The van der Waals surface area contributed by atoms with Crippen molar-refractivity contribution in [3.63, 3.8) is 0 Å². The molecular formula is C21H20ClNO3S. The number of sulfone groups is 1. The molecule has 0 saturated heterocycles. The quantitative estimate of drug-likeness (QED) is 0.659. The Hall–Kier alpha value is -2.37. The maximum atomic E-state index is 12.3. The Morgan fingerprint density at radius 2 is 1.67 bits per heavy atom. The predicted molar refractivity (Wildman–Crippen MR) is 109 cm³/mol. The highest BCUT2D eigenvalue weighted by molar-refractivity contribution is 7.91. The highest BCUT2D eigenvalue weighted by Crippen LogP contribution is 2.21. The van der Waals surface area contributed by atoms with E-state index in [2.05, 4.69) is 5.32 Å². The number of nitrogens with one attached hydrogen (secondary N) is 1. The third-order valence-corrected chi connectivity index (χ3v) is 6.41. The zero-order chi connectivity index (χ0) is 19.4. The zero-order valence-electron chi connectivity index (χ0n) is 14.9. The summed E-state index contributed by atoms with van der Waals surface area (Å²) in [7, 11) is -3.52. The third-order valence-electron chi connectivity index (χ3n) is 4.42. The van der Waals surface area contributed by atoms with Crippen LogP contribution in [0.15, 0.2) is 71.6 Å². The fourth-order valence-electron chi connectivity index (χ4n) is 2.86. The van der Waals surface area contributed by atoms with E-state index in [0.29, 0.717) is 5.02 Å². The van der Waals surface area contributed by atoms with E-state index in [4.69, 9.17) is 11.6 Å². The van der Waals surface area contributed by atoms with E-state index in [1.807, 2.05) is 49.4 Å². The SMILES string of the molecule is CC(NC(=O)CCS(=O)(=O)c1ccc(Cl)cc1)c1ccc2ccccc2c1. The molecule has 1 N–H and O–H groups in total. The maximum Gasteiger partial charge on any atom is 0.221 e. The number of carbonyl (C=O) groups is 1. The largest absolute Gasteiger partial charge is 0.350 e. The number of hydrogen-bond donors (Lipinski definition) is 1. The number of carbonyl (C=O) groups excluding carboxylic acids is 1. The van der Waals surface area contributed by atoms with Crippen molar-refractivity contribution in [3.05, 3.63) is 77.3 Å². The van der Waals surface area contributed by atoms with Crippen LogP contribution in [0.1, 0.15) is 24.9 Å². The van der Waals surface area contributed by atoms with Gasteiger partial charge in [0, 0.05) is 11.4 Å². The summed E-state index contributed by atoms with van der Waals surface area (Å²) in [6.07, 6.45) is -0.0944. The fraction of sp³-hybridized carbons (Fsp3) is 0.190. The van der Waals surface area contributed by atoms with Gasteiger partial charge in [-0.2, -0.15) is 0 Å². The molecule has 1 unspecified atom stereocenters. The Morgan fingerprint density at radius 1 is 1.00 bits per heavy atom. The van der Waals surface area contributed by atoms with E-state index in [1.54, 1.807) is 0 Å². The summed E-state index contributed by atoms with van der Waals surface area (Å²) in [4.78, 5) is 12.4. The van der Waals surface area contributed by atoms with Crippen LogP contribution in [-0.4, -0.2) is 20.1 Å². The molecule has 1 amide bonds. The van der Waals surface area contributed by atoms with Crippen LogP contribution in [0.25, 0.3) is 10.8 Å². The van der Waals surface area contributed by atoms with Crippen LogP contribution in [0, 0.1) is 0 Å². The van der Waals surface area contributed by atoms with Crippen molar-refractivity contribution >= 4 is 38.1 Å².